The number of hydrogen-bond donors (Lipinski definition) is 1. The molecule has 0 spiro atoms. The molecular formula is C16H26N4O3S. The minimum absolute atomic E-state index is 0.0613. The van der Waals surface area contributed by atoms with Gasteiger partial charge >= 0.3 is 6.03 Å². The maximum Gasteiger partial charge on any atom is 0.318 e. The van der Waals surface area contributed by atoms with Crippen molar-refractivity contribution in [3.05, 3.63) is 18.0 Å². The summed E-state index contributed by atoms with van der Waals surface area (Å²) in [5, 5.41) is 7.24. The molecular weight excluding hydrogens is 328 g/mol. The first kappa shape index (κ1) is 17.3. The number of rotatable bonds is 4. The van der Waals surface area contributed by atoms with Gasteiger partial charge in [0.05, 0.1) is 29.8 Å². The van der Waals surface area contributed by atoms with E-state index in [2.05, 4.69) is 10.4 Å². The predicted molar refractivity (Wildman–Crippen MR) is 91.3 cm³/mol. The molecule has 1 aliphatic heterocycles. The highest BCUT2D eigenvalue weighted by Gasteiger charge is 2.41. The van der Waals surface area contributed by atoms with E-state index in [1.807, 2.05) is 24.7 Å². The fourth-order valence-corrected chi connectivity index (χ4v) is 5.05. The van der Waals surface area contributed by atoms with Crippen LogP contribution in [0.25, 0.3) is 0 Å². The maximum atomic E-state index is 12.7. The molecule has 24 heavy (non-hydrogen) atoms. The van der Waals surface area contributed by atoms with Crippen molar-refractivity contribution in [2.75, 3.05) is 18.1 Å². The molecule has 2 heterocycles. The number of nitrogens with one attached hydrogen (secondary N) is 1. The molecule has 0 aromatic carbocycles. The Morgan fingerprint density at radius 1 is 1.46 bits per heavy atom. The van der Waals surface area contributed by atoms with Crippen LogP contribution in [0.3, 0.4) is 0 Å². The Morgan fingerprint density at radius 3 is 2.79 bits per heavy atom. The van der Waals surface area contributed by atoms with Crippen LogP contribution in [0, 0.1) is 5.92 Å². The minimum Gasteiger partial charge on any atom is -0.331 e. The Kier molecular flexibility index (Phi) is 4.85. The lowest BCUT2D eigenvalue weighted by Crippen LogP contribution is -2.58. The first-order chi connectivity index (χ1) is 11.4. The Labute approximate surface area is 143 Å². The van der Waals surface area contributed by atoms with Crippen LogP contribution in [-0.4, -0.2) is 53.2 Å². The highest BCUT2D eigenvalue weighted by molar-refractivity contribution is 7.91. The summed E-state index contributed by atoms with van der Waals surface area (Å²) >= 11 is 0. The molecule has 2 fully saturated rings. The van der Waals surface area contributed by atoms with E-state index in [0.717, 1.165) is 31.4 Å². The van der Waals surface area contributed by atoms with Gasteiger partial charge in [0.25, 0.3) is 0 Å². The monoisotopic (exact) mass is 354 g/mol. The number of carbonyl (C=O) groups excluding carboxylic acids is 1. The molecule has 3 rings (SSSR count). The second-order valence-corrected chi connectivity index (χ2v) is 9.10. The van der Waals surface area contributed by atoms with Crippen LogP contribution >= 0.6 is 0 Å². The summed E-state index contributed by atoms with van der Waals surface area (Å²) in [5.41, 5.74) is 0.954. The molecule has 0 bridgehead atoms. The number of carbonyl (C=O) groups is 1. The second-order valence-electron chi connectivity index (χ2n) is 6.87. The van der Waals surface area contributed by atoms with Crippen LogP contribution < -0.4 is 5.32 Å². The van der Waals surface area contributed by atoms with Crippen LogP contribution in [0.4, 0.5) is 4.79 Å². The molecule has 2 aliphatic rings. The van der Waals surface area contributed by atoms with E-state index in [9.17, 15) is 13.2 Å². The van der Waals surface area contributed by atoms with Crippen molar-refractivity contribution < 1.29 is 13.2 Å². The fourth-order valence-electron chi connectivity index (χ4n) is 3.43. The Hall–Kier alpha value is -1.57. The van der Waals surface area contributed by atoms with E-state index in [0.29, 0.717) is 5.92 Å². The first-order valence-electron chi connectivity index (χ1n) is 8.69. The molecule has 1 aliphatic carbocycles. The quantitative estimate of drug-likeness (QED) is 0.889. The Morgan fingerprint density at radius 2 is 2.21 bits per heavy atom. The van der Waals surface area contributed by atoms with E-state index in [4.69, 9.17) is 0 Å². The highest BCUT2D eigenvalue weighted by atomic mass is 32.2. The van der Waals surface area contributed by atoms with Gasteiger partial charge in [0.15, 0.2) is 9.84 Å². The van der Waals surface area contributed by atoms with Crippen LogP contribution in [0.1, 0.15) is 44.7 Å². The maximum absolute atomic E-state index is 12.7. The largest absolute Gasteiger partial charge is 0.331 e. The third kappa shape index (κ3) is 3.58. The second kappa shape index (κ2) is 6.74. The zero-order chi connectivity index (χ0) is 17.3. The van der Waals surface area contributed by atoms with Gasteiger partial charge in [-0.05, 0) is 32.6 Å². The summed E-state index contributed by atoms with van der Waals surface area (Å²) in [6, 6.07) is -0.500. The summed E-state index contributed by atoms with van der Waals surface area (Å²) < 4.78 is 25.8. The predicted octanol–water partition coefficient (Wildman–Crippen LogP) is 1.57. The molecule has 2 atom stereocenters. The number of nitrogens with zero attached hydrogens (tertiary/aromatic N) is 3. The lowest BCUT2D eigenvalue weighted by Gasteiger charge is -2.43. The van der Waals surface area contributed by atoms with Gasteiger partial charge < -0.3 is 10.2 Å². The molecule has 1 aromatic heterocycles. The van der Waals surface area contributed by atoms with Crippen molar-refractivity contribution in [3.63, 3.8) is 0 Å². The summed E-state index contributed by atoms with van der Waals surface area (Å²) in [7, 11) is -3.04. The lowest BCUT2D eigenvalue weighted by atomic mass is 9.79. The number of aromatic nitrogens is 2. The van der Waals surface area contributed by atoms with Crippen molar-refractivity contribution in [2.24, 2.45) is 5.92 Å². The Bertz CT molecular complexity index is 696. The standard InChI is InChI=1S/C16H26N4O3S/c1-3-19-10-14(9-17-19)12(2)18-16(21)20-7-8-24(22,23)11-15(20)13-5-4-6-13/h9-10,12-13,15H,3-8,11H2,1-2H3,(H,18,21). The van der Waals surface area contributed by atoms with E-state index in [1.165, 1.54) is 0 Å². The SMILES string of the molecule is CCn1cc(C(C)NC(=O)N2CCS(=O)(=O)CC2C2CCC2)cn1. The Balaban J connectivity index is 1.68. The average molecular weight is 354 g/mol. The van der Waals surface area contributed by atoms with E-state index in [1.54, 1.807) is 11.1 Å². The first-order valence-corrected chi connectivity index (χ1v) is 10.5. The highest BCUT2D eigenvalue weighted by Crippen LogP contribution is 2.34. The summed E-state index contributed by atoms with van der Waals surface area (Å²) in [4.78, 5) is 14.5. The molecule has 2 unspecified atom stereocenters. The van der Waals surface area contributed by atoms with Crippen molar-refractivity contribution in [1.29, 1.82) is 0 Å². The van der Waals surface area contributed by atoms with E-state index < -0.39 is 9.84 Å². The molecule has 1 N–H and O–H groups in total. The van der Waals surface area contributed by atoms with Gasteiger partial charge in [0, 0.05) is 24.8 Å². The van der Waals surface area contributed by atoms with E-state index in [-0.39, 0.29) is 36.2 Å². The van der Waals surface area contributed by atoms with Crippen molar-refractivity contribution in [3.8, 4) is 0 Å². The van der Waals surface area contributed by atoms with Gasteiger partial charge in [-0.25, -0.2) is 13.2 Å². The molecule has 2 amide bonds. The summed E-state index contributed by atoms with van der Waals surface area (Å²) in [6.07, 6.45) is 6.85. The molecule has 8 heteroatoms. The van der Waals surface area contributed by atoms with Gasteiger partial charge in [-0.2, -0.15) is 5.10 Å². The van der Waals surface area contributed by atoms with Crippen molar-refractivity contribution >= 4 is 15.9 Å². The average Bonchev–Trinajstić information content (AvgIpc) is 2.93. The van der Waals surface area contributed by atoms with Gasteiger partial charge in [0.1, 0.15) is 0 Å². The number of hydrogen-bond acceptors (Lipinski definition) is 4. The molecule has 1 saturated carbocycles. The molecule has 0 radical (unpaired) electrons. The van der Waals surface area contributed by atoms with Crippen molar-refractivity contribution in [2.45, 2.75) is 51.7 Å². The minimum atomic E-state index is -3.04. The number of sulfone groups is 1. The summed E-state index contributed by atoms with van der Waals surface area (Å²) in [5.74, 6) is 0.489. The third-order valence-corrected chi connectivity index (χ3v) is 6.89. The molecule has 1 aromatic rings. The fraction of sp³-hybridized carbons (Fsp3) is 0.750. The van der Waals surface area contributed by atoms with Gasteiger partial charge in [0.2, 0.25) is 0 Å². The topological polar surface area (TPSA) is 84.3 Å². The van der Waals surface area contributed by atoms with Crippen LogP contribution in [0.5, 0.6) is 0 Å². The number of aryl methyl sites for hydroxylation is 1. The van der Waals surface area contributed by atoms with Gasteiger partial charge in [-0.3, -0.25) is 4.68 Å². The zero-order valence-corrected chi connectivity index (χ0v) is 15.1. The number of amides is 2. The lowest BCUT2D eigenvalue weighted by molar-refractivity contribution is 0.122. The smallest absolute Gasteiger partial charge is 0.318 e. The van der Waals surface area contributed by atoms with Gasteiger partial charge in [-0.1, -0.05) is 6.42 Å². The van der Waals surface area contributed by atoms with Crippen LogP contribution in [0.15, 0.2) is 12.4 Å². The molecule has 1 saturated heterocycles. The third-order valence-electron chi connectivity index (χ3n) is 5.24. The van der Waals surface area contributed by atoms with Crippen LogP contribution in [-0.2, 0) is 16.4 Å². The zero-order valence-electron chi connectivity index (χ0n) is 14.3. The molecule has 134 valence electrons. The molecule has 7 nitrogen and oxygen atoms in total. The van der Waals surface area contributed by atoms with Crippen molar-refractivity contribution in [1.82, 2.24) is 20.0 Å². The van der Waals surface area contributed by atoms with Gasteiger partial charge in [-0.15, -0.1) is 0 Å². The van der Waals surface area contributed by atoms with E-state index >= 15 is 0 Å². The number of urea groups is 1. The normalized spacial score (nSPS) is 25.1. The summed E-state index contributed by atoms with van der Waals surface area (Å²) in [6.45, 7) is 5.01. The van der Waals surface area contributed by atoms with Crippen LogP contribution in [0.2, 0.25) is 0 Å².